The highest BCUT2D eigenvalue weighted by atomic mass is 32.2. The summed E-state index contributed by atoms with van der Waals surface area (Å²) in [6, 6.07) is 11.8. The van der Waals surface area contributed by atoms with Crippen LogP contribution >= 0.6 is 0 Å². The number of sulfonamides is 1. The van der Waals surface area contributed by atoms with E-state index in [1.54, 1.807) is 43.3 Å². The lowest BCUT2D eigenvalue weighted by Gasteiger charge is -2.32. The maximum absolute atomic E-state index is 13.5. The Hall–Kier alpha value is -2.59. The molecule has 1 heterocycles. The number of amides is 1. The maximum Gasteiger partial charge on any atom is 0.471 e. The van der Waals surface area contributed by atoms with Crippen LogP contribution in [-0.2, 0) is 14.8 Å². The lowest BCUT2D eigenvalue weighted by atomic mass is 10.1. The fourth-order valence-electron chi connectivity index (χ4n) is 4.13. The lowest BCUT2D eigenvalue weighted by Crippen LogP contribution is -2.45. The van der Waals surface area contributed by atoms with Gasteiger partial charge in [0.25, 0.3) is 0 Å². The third-order valence-corrected chi connectivity index (χ3v) is 7.71. The first-order valence-electron chi connectivity index (χ1n) is 10.7. The van der Waals surface area contributed by atoms with Crippen molar-refractivity contribution < 1.29 is 26.4 Å². The normalized spacial score (nSPS) is 19.7. The van der Waals surface area contributed by atoms with Gasteiger partial charge in [0.05, 0.1) is 4.90 Å². The van der Waals surface area contributed by atoms with E-state index in [1.807, 2.05) is 13.8 Å². The molecular formula is C23H28F3N3O3S. The molecule has 0 bridgehead atoms. The van der Waals surface area contributed by atoms with Crippen molar-refractivity contribution in [2.45, 2.75) is 51.0 Å². The molecule has 33 heavy (non-hydrogen) atoms. The molecule has 1 aliphatic rings. The third-order valence-electron chi connectivity index (χ3n) is 5.88. The van der Waals surface area contributed by atoms with Crippen molar-refractivity contribution >= 4 is 21.6 Å². The van der Waals surface area contributed by atoms with E-state index < -0.39 is 34.3 Å². The van der Waals surface area contributed by atoms with Gasteiger partial charge in [-0.3, -0.25) is 4.79 Å². The van der Waals surface area contributed by atoms with Gasteiger partial charge in [0, 0.05) is 31.4 Å². The Balaban J connectivity index is 2.11. The smallest absolute Gasteiger partial charge is 0.372 e. The Labute approximate surface area is 192 Å². The SMILES string of the molecule is CCN(CC)c1ccc([C@H]2N(C(=O)C(F)(F)F)[C@@H](C)CN2S(=O)(=O)c2ccc(C)cc2)cc1. The largest absolute Gasteiger partial charge is 0.471 e. The van der Waals surface area contributed by atoms with E-state index in [4.69, 9.17) is 0 Å². The minimum absolute atomic E-state index is 0.0358. The highest BCUT2D eigenvalue weighted by Crippen LogP contribution is 2.40. The minimum atomic E-state index is -5.13. The summed E-state index contributed by atoms with van der Waals surface area (Å²) in [5, 5.41) is 0. The molecule has 2 aromatic carbocycles. The molecule has 0 N–H and O–H groups in total. The molecule has 1 fully saturated rings. The molecule has 0 aliphatic carbocycles. The molecule has 0 unspecified atom stereocenters. The summed E-state index contributed by atoms with van der Waals surface area (Å²) in [7, 11) is -4.17. The van der Waals surface area contributed by atoms with E-state index in [0.29, 0.717) is 10.5 Å². The second-order valence-electron chi connectivity index (χ2n) is 8.08. The van der Waals surface area contributed by atoms with Crippen LogP contribution < -0.4 is 4.90 Å². The van der Waals surface area contributed by atoms with Gasteiger partial charge in [-0.1, -0.05) is 29.8 Å². The first kappa shape index (κ1) is 25.0. The number of carbonyl (C=O) groups is 1. The molecule has 0 saturated carbocycles. The number of halogens is 3. The van der Waals surface area contributed by atoms with Gasteiger partial charge in [0.1, 0.15) is 6.17 Å². The Kier molecular flexibility index (Phi) is 7.09. The van der Waals surface area contributed by atoms with E-state index in [1.165, 1.54) is 19.1 Å². The van der Waals surface area contributed by atoms with Crippen molar-refractivity contribution in [1.29, 1.82) is 0 Å². The number of carbonyl (C=O) groups excluding carboxylic acids is 1. The van der Waals surface area contributed by atoms with E-state index in [2.05, 4.69) is 4.90 Å². The summed E-state index contributed by atoms with van der Waals surface area (Å²) in [5.74, 6) is -2.06. The molecule has 3 rings (SSSR count). The molecule has 1 saturated heterocycles. The number of nitrogens with zero attached hydrogens (tertiary/aromatic N) is 3. The zero-order valence-electron chi connectivity index (χ0n) is 19.0. The molecule has 0 aromatic heterocycles. The van der Waals surface area contributed by atoms with Crippen molar-refractivity contribution in [3.8, 4) is 0 Å². The summed E-state index contributed by atoms with van der Waals surface area (Å²) in [5.41, 5.74) is 2.00. The highest BCUT2D eigenvalue weighted by Gasteiger charge is 2.53. The molecule has 10 heteroatoms. The monoisotopic (exact) mass is 483 g/mol. The second kappa shape index (κ2) is 9.34. The minimum Gasteiger partial charge on any atom is -0.372 e. The van der Waals surface area contributed by atoms with Crippen LogP contribution in [0.25, 0.3) is 0 Å². The highest BCUT2D eigenvalue weighted by molar-refractivity contribution is 7.89. The van der Waals surface area contributed by atoms with Gasteiger partial charge < -0.3 is 9.80 Å². The predicted octanol–water partition coefficient (Wildman–Crippen LogP) is 4.32. The lowest BCUT2D eigenvalue weighted by molar-refractivity contribution is -0.189. The van der Waals surface area contributed by atoms with Gasteiger partial charge in [0.15, 0.2) is 0 Å². The number of rotatable bonds is 6. The van der Waals surface area contributed by atoms with E-state index in [0.717, 1.165) is 28.6 Å². The van der Waals surface area contributed by atoms with Crippen molar-refractivity contribution in [1.82, 2.24) is 9.21 Å². The molecule has 1 aliphatic heterocycles. The number of benzene rings is 2. The molecule has 6 nitrogen and oxygen atoms in total. The fourth-order valence-corrected chi connectivity index (χ4v) is 5.78. The topological polar surface area (TPSA) is 60.9 Å². The van der Waals surface area contributed by atoms with Crippen LogP contribution in [0, 0.1) is 6.92 Å². The van der Waals surface area contributed by atoms with Gasteiger partial charge >= 0.3 is 12.1 Å². The maximum atomic E-state index is 13.5. The van der Waals surface area contributed by atoms with Gasteiger partial charge in [0.2, 0.25) is 10.0 Å². The molecule has 0 radical (unpaired) electrons. The van der Waals surface area contributed by atoms with Gasteiger partial charge in [-0.25, -0.2) is 8.42 Å². The second-order valence-corrected chi connectivity index (χ2v) is 9.98. The number of anilines is 1. The number of hydrogen-bond acceptors (Lipinski definition) is 4. The summed E-state index contributed by atoms with van der Waals surface area (Å²) in [6.07, 6.45) is -6.54. The van der Waals surface area contributed by atoms with Crippen LogP contribution in [-0.4, -0.2) is 55.4 Å². The number of hydrogen-bond donors (Lipinski definition) is 0. The van der Waals surface area contributed by atoms with Crippen LogP contribution in [0.1, 0.15) is 38.1 Å². The van der Waals surface area contributed by atoms with Crippen molar-refractivity contribution in [3.05, 3.63) is 59.7 Å². The summed E-state index contributed by atoms with van der Waals surface area (Å²) < 4.78 is 68.3. The van der Waals surface area contributed by atoms with Crippen LogP contribution in [0.4, 0.5) is 18.9 Å². The van der Waals surface area contributed by atoms with Crippen molar-refractivity contribution in [3.63, 3.8) is 0 Å². The average Bonchev–Trinajstić information content (AvgIpc) is 3.12. The fraction of sp³-hybridized carbons (Fsp3) is 0.435. The zero-order valence-corrected chi connectivity index (χ0v) is 19.8. The van der Waals surface area contributed by atoms with E-state index >= 15 is 0 Å². The standard InChI is InChI=1S/C23H28F3N3O3S/c1-5-27(6-2)19-11-9-18(10-12-19)21-28(15-17(4)29(21)22(30)23(24,25)26)33(31,32)20-13-7-16(3)8-14-20/h7-14,17,21H,5-6,15H2,1-4H3/t17-,21+/m0/s1. The molecule has 0 spiro atoms. The first-order chi connectivity index (χ1) is 15.4. The Morgan fingerprint density at radius 1 is 1.03 bits per heavy atom. The van der Waals surface area contributed by atoms with E-state index in [-0.39, 0.29) is 11.4 Å². The summed E-state index contributed by atoms with van der Waals surface area (Å²) in [4.78, 5) is 15.0. The molecular weight excluding hydrogens is 455 g/mol. The summed E-state index contributed by atoms with van der Waals surface area (Å²) >= 11 is 0. The van der Waals surface area contributed by atoms with Gasteiger partial charge in [-0.15, -0.1) is 0 Å². The zero-order chi connectivity index (χ0) is 24.6. The first-order valence-corrected chi connectivity index (χ1v) is 12.2. The van der Waals surface area contributed by atoms with Crippen LogP contribution in [0.2, 0.25) is 0 Å². The number of aryl methyl sites for hydroxylation is 1. The third kappa shape index (κ3) is 4.86. The number of alkyl halides is 3. The quantitative estimate of drug-likeness (QED) is 0.614. The van der Waals surface area contributed by atoms with Crippen LogP contribution in [0.5, 0.6) is 0 Å². The van der Waals surface area contributed by atoms with Crippen LogP contribution in [0.15, 0.2) is 53.4 Å². The molecule has 2 aromatic rings. The Morgan fingerprint density at radius 3 is 2.06 bits per heavy atom. The molecule has 180 valence electrons. The summed E-state index contributed by atoms with van der Waals surface area (Å²) in [6.45, 7) is 8.42. The molecule has 2 atom stereocenters. The Morgan fingerprint density at radius 2 is 1.58 bits per heavy atom. The van der Waals surface area contributed by atoms with Crippen molar-refractivity contribution in [2.75, 3.05) is 24.5 Å². The average molecular weight is 484 g/mol. The van der Waals surface area contributed by atoms with Crippen molar-refractivity contribution in [2.24, 2.45) is 0 Å². The molecule has 1 amide bonds. The van der Waals surface area contributed by atoms with E-state index in [9.17, 15) is 26.4 Å². The Bertz CT molecular complexity index is 1080. The van der Waals surface area contributed by atoms with Gasteiger partial charge in [-0.2, -0.15) is 17.5 Å². The van der Waals surface area contributed by atoms with Crippen LogP contribution in [0.3, 0.4) is 0 Å². The van der Waals surface area contributed by atoms with Gasteiger partial charge in [-0.05, 0) is 57.5 Å². The predicted molar refractivity (Wildman–Crippen MR) is 120 cm³/mol.